The van der Waals surface area contributed by atoms with Crippen LogP contribution in [0.5, 0.6) is 5.75 Å². The molecule has 4 heteroatoms. The highest BCUT2D eigenvalue weighted by atomic mass is 16.5. The predicted octanol–water partition coefficient (Wildman–Crippen LogP) is 2.69. The van der Waals surface area contributed by atoms with Gasteiger partial charge in [-0.05, 0) is 30.7 Å². The highest BCUT2D eigenvalue weighted by molar-refractivity contribution is 5.50. The number of furan rings is 1. The molecule has 2 rings (SSSR count). The molecule has 19 heavy (non-hydrogen) atoms. The molecule has 1 aromatic heterocycles. The molecule has 0 saturated carbocycles. The second-order valence-corrected chi connectivity index (χ2v) is 4.58. The zero-order chi connectivity index (χ0) is 13.8. The standard InChI is InChI=1S/C15H20N2O2/c1-11-7-14(19-15(11)9-16)10-17(2)12-5-4-6-13(8-12)18-3/h4-8H,9-10,16H2,1-3H3. The van der Waals surface area contributed by atoms with E-state index in [4.69, 9.17) is 14.9 Å². The van der Waals surface area contributed by atoms with Crippen LogP contribution in [0.3, 0.4) is 0 Å². The molecule has 1 aromatic carbocycles. The molecule has 0 unspecified atom stereocenters. The van der Waals surface area contributed by atoms with Crippen molar-refractivity contribution in [3.8, 4) is 5.75 Å². The number of nitrogens with two attached hydrogens (primary N) is 1. The van der Waals surface area contributed by atoms with Crippen molar-refractivity contribution in [1.29, 1.82) is 0 Å². The number of anilines is 1. The SMILES string of the molecule is COc1cccc(N(C)Cc2cc(C)c(CN)o2)c1. The topological polar surface area (TPSA) is 51.6 Å². The van der Waals surface area contributed by atoms with Crippen LogP contribution in [0, 0.1) is 6.92 Å². The van der Waals surface area contributed by atoms with Crippen molar-refractivity contribution >= 4 is 5.69 Å². The first-order valence-corrected chi connectivity index (χ1v) is 6.27. The first kappa shape index (κ1) is 13.5. The van der Waals surface area contributed by atoms with Gasteiger partial charge in [0.05, 0.1) is 20.2 Å². The van der Waals surface area contributed by atoms with Gasteiger partial charge in [0.15, 0.2) is 0 Å². The van der Waals surface area contributed by atoms with Crippen LogP contribution in [-0.4, -0.2) is 14.2 Å². The molecular weight excluding hydrogens is 240 g/mol. The number of aryl methyl sites for hydroxylation is 1. The fraction of sp³-hybridized carbons (Fsp3) is 0.333. The minimum Gasteiger partial charge on any atom is -0.497 e. The Balaban J connectivity index is 2.13. The van der Waals surface area contributed by atoms with Crippen molar-refractivity contribution in [2.24, 2.45) is 5.73 Å². The lowest BCUT2D eigenvalue weighted by molar-refractivity contribution is 0.414. The van der Waals surface area contributed by atoms with E-state index in [0.29, 0.717) is 13.1 Å². The summed E-state index contributed by atoms with van der Waals surface area (Å²) in [5.41, 5.74) is 7.81. The Kier molecular flexibility index (Phi) is 4.12. The molecule has 0 spiro atoms. The number of hydrogen-bond acceptors (Lipinski definition) is 4. The largest absolute Gasteiger partial charge is 0.497 e. The van der Waals surface area contributed by atoms with Crippen molar-refractivity contribution in [3.05, 3.63) is 47.4 Å². The average molecular weight is 260 g/mol. The summed E-state index contributed by atoms with van der Waals surface area (Å²) in [4.78, 5) is 2.11. The fourth-order valence-electron chi connectivity index (χ4n) is 2.04. The number of nitrogens with zero attached hydrogens (tertiary/aromatic N) is 1. The van der Waals surface area contributed by atoms with Gasteiger partial charge in [-0.15, -0.1) is 0 Å². The summed E-state index contributed by atoms with van der Waals surface area (Å²) in [6, 6.07) is 9.99. The molecule has 0 saturated heterocycles. The summed E-state index contributed by atoms with van der Waals surface area (Å²) in [5, 5.41) is 0. The van der Waals surface area contributed by atoms with E-state index < -0.39 is 0 Å². The third kappa shape index (κ3) is 3.09. The molecule has 2 N–H and O–H groups in total. The van der Waals surface area contributed by atoms with Crippen LogP contribution >= 0.6 is 0 Å². The zero-order valence-corrected chi connectivity index (χ0v) is 11.6. The van der Waals surface area contributed by atoms with E-state index in [9.17, 15) is 0 Å². The van der Waals surface area contributed by atoms with Crippen LogP contribution in [0.2, 0.25) is 0 Å². The number of benzene rings is 1. The van der Waals surface area contributed by atoms with E-state index in [-0.39, 0.29) is 0 Å². The van der Waals surface area contributed by atoms with E-state index in [1.165, 1.54) is 0 Å². The smallest absolute Gasteiger partial charge is 0.123 e. The Labute approximate surface area is 113 Å². The lowest BCUT2D eigenvalue weighted by atomic mass is 10.2. The first-order valence-electron chi connectivity index (χ1n) is 6.27. The van der Waals surface area contributed by atoms with Gasteiger partial charge in [-0.2, -0.15) is 0 Å². The second-order valence-electron chi connectivity index (χ2n) is 4.58. The lowest BCUT2D eigenvalue weighted by Crippen LogP contribution is -2.15. The van der Waals surface area contributed by atoms with E-state index in [1.807, 2.05) is 44.3 Å². The predicted molar refractivity (Wildman–Crippen MR) is 76.4 cm³/mol. The van der Waals surface area contributed by atoms with Crippen molar-refractivity contribution in [1.82, 2.24) is 0 Å². The molecule has 4 nitrogen and oxygen atoms in total. The van der Waals surface area contributed by atoms with Crippen LogP contribution in [0.1, 0.15) is 17.1 Å². The van der Waals surface area contributed by atoms with Crippen molar-refractivity contribution < 1.29 is 9.15 Å². The summed E-state index contributed by atoms with van der Waals surface area (Å²) in [6.45, 7) is 3.16. The minimum atomic E-state index is 0.439. The number of methoxy groups -OCH3 is 1. The molecule has 0 aliphatic carbocycles. The summed E-state index contributed by atoms with van der Waals surface area (Å²) < 4.78 is 10.9. The number of ether oxygens (including phenoxy) is 1. The van der Waals surface area contributed by atoms with Gasteiger partial charge in [0.1, 0.15) is 17.3 Å². The third-order valence-electron chi connectivity index (χ3n) is 3.14. The average Bonchev–Trinajstić information content (AvgIpc) is 2.78. The van der Waals surface area contributed by atoms with Gasteiger partial charge in [-0.25, -0.2) is 0 Å². The Bertz CT molecular complexity index is 549. The summed E-state index contributed by atoms with van der Waals surface area (Å²) >= 11 is 0. The lowest BCUT2D eigenvalue weighted by Gasteiger charge is -2.18. The maximum Gasteiger partial charge on any atom is 0.123 e. The molecule has 2 aromatic rings. The van der Waals surface area contributed by atoms with Crippen LogP contribution in [0.25, 0.3) is 0 Å². The second kappa shape index (κ2) is 5.80. The van der Waals surface area contributed by atoms with E-state index in [1.54, 1.807) is 7.11 Å². The maximum atomic E-state index is 5.71. The molecule has 1 heterocycles. The molecule has 0 aliphatic heterocycles. The molecule has 0 fully saturated rings. The molecule has 0 radical (unpaired) electrons. The number of rotatable bonds is 5. The van der Waals surface area contributed by atoms with Crippen molar-refractivity contribution in [2.75, 3.05) is 19.1 Å². The molecule has 0 bridgehead atoms. The maximum absolute atomic E-state index is 5.71. The van der Waals surface area contributed by atoms with Gasteiger partial charge < -0.3 is 19.8 Å². The van der Waals surface area contributed by atoms with Gasteiger partial charge >= 0.3 is 0 Å². The molecule has 102 valence electrons. The van der Waals surface area contributed by atoms with E-state index in [0.717, 1.165) is 28.5 Å². The first-order chi connectivity index (χ1) is 9.13. The molecule has 0 atom stereocenters. The van der Waals surface area contributed by atoms with Gasteiger partial charge in [-0.1, -0.05) is 6.07 Å². The normalized spacial score (nSPS) is 10.5. The van der Waals surface area contributed by atoms with Crippen LogP contribution < -0.4 is 15.4 Å². The van der Waals surface area contributed by atoms with Gasteiger partial charge in [0.25, 0.3) is 0 Å². The van der Waals surface area contributed by atoms with Crippen LogP contribution in [0.15, 0.2) is 34.7 Å². The van der Waals surface area contributed by atoms with E-state index in [2.05, 4.69) is 4.90 Å². The Hall–Kier alpha value is -1.94. The number of hydrogen-bond donors (Lipinski definition) is 1. The Morgan fingerprint density at radius 3 is 2.74 bits per heavy atom. The third-order valence-corrected chi connectivity index (χ3v) is 3.14. The Morgan fingerprint density at radius 1 is 1.32 bits per heavy atom. The highest BCUT2D eigenvalue weighted by Gasteiger charge is 2.09. The van der Waals surface area contributed by atoms with Crippen LogP contribution in [-0.2, 0) is 13.1 Å². The summed E-state index contributed by atoms with van der Waals surface area (Å²) in [5.74, 6) is 2.62. The Morgan fingerprint density at radius 2 is 2.11 bits per heavy atom. The quantitative estimate of drug-likeness (QED) is 0.898. The van der Waals surface area contributed by atoms with Crippen molar-refractivity contribution in [3.63, 3.8) is 0 Å². The summed E-state index contributed by atoms with van der Waals surface area (Å²) in [6.07, 6.45) is 0. The monoisotopic (exact) mass is 260 g/mol. The minimum absolute atomic E-state index is 0.439. The van der Waals surface area contributed by atoms with Gasteiger partial charge in [0, 0.05) is 18.8 Å². The van der Waals surface area contributed by atoms with Gasteiger partial charge in [-0.3, -0.25) is 0 Å². The van der Waals surface area contributed by atoms with Crippen molar-refractivity contribution in [2.45, 2.75) is 20.0 Å². The van der Waals surface area contributed by atoms with Gasteiger partial charge in [0.2, 0.25) is 0 Å². The van der Waals surface area contributed by atoms with E-state index >= 15 is 0 Å². The highest BCUT2D eigenvalue weighted by Crippen LogP contribution is 2.22. The molecule has 0 amide bonds. The fourth-order valence-corrected chi connectivity index (χ4v) is 2.04. The molecule has 0 aliphatic rings. The van der Waals surface area contributed by atoms with Crippen LogP contribution in [0.4, 0.5) is 5.69 Å². The zero-order valence-electron chi connectivity index (χ0n) is 11.6. The summed E-state index contributed by atoms with van der Waals surface area (Å²) in [7, 11) is 3.69. The molecular formula is C15H20N2O2.